The Morgan fingerprint density at radius 1 is 1.73 bits per heavy atom. The fourth-order valence-corrected chi connectivity index (χ4v) is 0.787. The van der Waals surface area contributed by atoms with Crippen molar-refractivity contribution in [1.29, 1.82) is 5.41 Å². The first-order chi connectivity index (χ1) is 4.83. The van der Waals surface area contributed by atoms with Crippen LogP contribution >= 0.6 is 0 Å². The van der Waals surface area contributed by atoms with Gasteiger partial charge in [-0.05, 0) is 13.8 Å². The molecule has 0 saturated heterocycles. The van der Waals surface area contributed by atoms with Crippen molar-refractivity contribution < 1.29 is 9.90 Å². The second-order valence-corrected chi connectivity index (χ2v) is 2.99. The average molecular weight is 159 g/mol. The van der Waals surface area contributed by atoms with Crippen LogP contribution < -0.4 is 11.1 Å². The van der Waals surface area contributed by atoms with Crippen LogP contribution in [0.1, 0.15) is 20.3 Å². The lowest BCUT2D eigenvalue weighted by Gasteiger charge is -2.23. The van der Waals surface area contributed by atoms with Crippen LogP contribution in [-0.2, 0) is 4.79 Å². The molecule has 0 aliphatic rings. The number of hydrogen-bond donors (Lipinski definition) is 4. The van der Waals surface area contributed by atoms with Crippen molar-refractivity contribution in [3.63, 3.8) is 0 Å². The number of carboxylic acid groups (broad SMARTS) is 1. The predicted molar refractivity (Wildman–Crippen MR) is 41.4 cm³/mol. The third-order valence-corrected chi connectivity index (χ3v) is 1.07. The van der Waals surface area contributed by atoms with Crippen molar-refractivity contribution in [2.45, 2.75) is 25.8 Å². The van der Waals surface area contributed by atoms with Crippen LogP contribution in [0.25, 0.3) is 0 Å². The molecule has 5 nitrogen and oxygen atoms in total. The number of rotatable bonds is 3. The highest BCUT2D eigenvalue weighted by Gasteiger charge is 2.21. The Balaban J connectivity index is 3.99. The molecule has 0 saturated carbocycles. The van der Waals surface area contributed by atoms with E-state index in [0.717, 1.165) is 0 Å². The third-order valence-electron chi connectivity index (χ3n) is 1.07. The van der Waals surface area contributed by atoms with Crippen LogP contribution in [0.4, 0.5) is 0 Å². The summed E-state index contributed by atoms with van der Waals surface area (Å²) in [5.74, 6) is -1.12. The zero-order valence-corrected chi connectivity index (χ0v) is 6.64. The van der Waals surface area contributed by atoms with Crippen molar-refractivity contribution in [2.75, 3.05) is 0 Å². The molecule has 0 fully saturated rings. The van der Waals surface area contributed by atoms with Gasteiger partial charge in [0, 0.05) is 5.54 Å². The van der Waals surface area contributed by atoms with E-state index in [4.69, 9.17) is 16.2 Å². The Hall–Kier alpha value is -1.26. The summed E-state index contributed by atoms with van der Waals surface area (Å²) in [6.45, 7) is 3.34. The molecular formula is C6H13N3O2. The van der Waals surface area contributed by atoms with E-state index in [2.05, 4.69) is 5.32 Å². The van der Waals surface area contributed by atoms with Gasteiger partial charge in [-0.25, -0.2) is 0 Å². The first-order valence-electron chi connectivity index (χ1n) is 3.17. The van der Waals surface area contributed by atoms with Gasteiger partial charge in [0.2, 0.25) is 0 Å². The largest absolute Gasteiger partial charge is 0.481 e. The summed E-state index contributed by atoms with van der Waals surface area (Å²) in [6, 6.07) is 0. The van der Waals surface area contributed by atoms with Gasteiger partial charge in [0.25, 0.3) is 0 Å². The van der Waals surface area contributed by atoms with E-state index in [1.807, 2.05) is 0 Å². The van der Waals surface area contributed by atoms with Crippen molar-refractivity contribution >= 4 is 11.9 Å². The van der Waals surface area contributed by atoms with Gasteiger partial charge in [0.1, 0.15) is 0 Å². The summed E-state index contributed by atoms with van der Waals surface area (Å²) in [6.07, 6.45) is -0.0629. The zero-order valence-electron chi connectivity index (χ0n) is 6.64. The summed E-state index contributed by atoms with van der Waals surface area (Å²) < 4.78 is 0. The monoisotopic (exact) mass is 159 g/mol. The van der Waals surface area contributed by atoms with Gasteiger partial charge in [-0.15, -0.1) is 0 Å². The molecule has 0 aliphatic carbocycles. The minimum Gasteiger partial charge on any atom is -0.481 e. The Kier molecular flexibility index (Phi) is 2.86. The molecule has 11 heavy (non-hydrogen) atoms. The van der Waals surface area contributed by atoms with Crippen LogP contribution in [0.2, 0.25) is 0 Å². The Morgan fingerprint density at radius 2 is 2.18 bits per heavy atom. The van der Waals surface area contributed by atoms with Gasteiger partial charge in [0.05, 0.1) is 6.42 Å². The van der Waals surface area contributed by atoms with Gasteiger partial charge < -0.3 is 16.2 Å². The predicted octanol–water partition coefficient (Wildman–Crippen LogP) is -0.277. The second-order valence-electron chi connectivity index (χ2n) is 2.99. The maximum Gasteiger partial charge on any atom is 0.305 e. The fraction of sp³-hybridized carbons (Fsp3) is 0.667. The first kappa shape index (κ1) is 9.74. The molecule has 0 aromatic rings. The number of carbonyl (C=O) groups is 1. The molecule has 0 bridgehead atoms. The Morgan fingerprint density at radius 3 is 2.45 bits per heavy atom. The molecular weight excluding hydrogens is 146 g/mol. The average Bonchev–Trinajstić information content (AvgIpc) is 1.53. The van der Waals surface area contributed by atoms with Crippen molar-refractivity contribution in [2.24, 2.45) is 5.73 Å². The zero-order chi connectivity index (χ0) is 9.07. The lowest BCUT2D eigenvalue weighted by atomic mass is 10.0. The molecule has 0 heterocycles. The molecule has 0 amide bonds. The lowest BCUT2D eigenvalue weighted by molar-refractivity contribution is -0.138. The molecule has 5 N–H and O–H groups in total. The number of carboxylic acids is 1. The normalized spacial score (nSPS) is 10.7. The topological polar surface area (TPSA) is 99.2 Å². The molecule has 0 atom stereocenters. The highest BCUT2D eigenvalue weighted by molar-refractivity contribution is 5.76. The standard InChI is InChI=1S/C6H13N3O2/c1-6(2,3-4(10)11)9-5(7)8/h3H2,1-2H3,(H,10,11)(H4,7,8,9). The summed E-state index contributed by atoms with van der Waals surface area (Å²) in [5, 5.41) is 17.8. The fourth-order valence-electron chi connectivity index (χ4n) is 0.787. The van der Waals surface area contributed by atoms with Crippen LogP contribution in [0.3, 0.4) is 0 Å². The summed E-state index contributed by atoms with van der Waals surface area (Å²) in [4.78, 5) is 10.2. The highest BCUT2D eigenvalue weighted by atomic mass is 16.4. The summed E-state index contributed by atoms with van der Waals surface area (Å²) >= 11 is 0. The Bertz CT molecular complexity index is 159. The van der Waals surface area contributed by atoms with E-state index < -0.39 is 11.5 Å². The minimum absolute atomic E-state index is 0.0629. The number of nitrogens with two attached hydrogens (primary N) is 1. The number of aliphatic carboxylic acids is 1. The van der Waals surface area contributed by atoms with Crippen LogP contribution in [0.15, 0.2) is 0 Å². The molecule has 5 heteroatoms. The minimum atomic E-state index is -0.913. The van der Waals surface area contributed by atoms with Gasteiger partial charge in [0.15, 0.2) is 5.96 Å². The first-order valence-corrected chi connectivity index (χ1v) is 3.17. The van der Waals surface area contributed by atoms with Gasteiger partial charge >= 0.3 is 5.97 Å². The van der Waals surface area contributed by atoms with Crippen molar-refractivity contribution in [3.8, 4) is 0 Å². The molecule has 0 aromatic heterocycles. The number of nitrogens with one attached hydrogen (secondary N) is 2. The van der Waals surface area contributed by atoms with E-state index >= 15 is 0 Å². The van der Waals surface area contributed by atoms with E-state index in [9.17, 15) is 4.79 Å². The van der Waals surface area contributed by atoms with Gasteiger partial charge in [-0.2, -0.15) is 0 Å². The summed E-state index contributed by atoms with van der Waals surface area (Å²) in [5.41, 5.74) is 4.38. The van der Waals surface area contributed by atoms with E-state index in [-0.39, 0.29) is 12.4 Å². The van der Waals surface area contributed by atoms with E-state index in [0.29, 0.717) is 0 Å². The molecule has 0 spiro atoms. The van der Waals surface area contributed by atoms with Crippen LogP contribution in [-0.4, -0.2) is 22.6 Å². The maximum absolute atomic E-state index is 10.2. The molecule has 64 valence electrons. The van der Waals surface area contributed by atoms with Crippen molar-refractivity contribution in [3.05, 3.63) is 0 Å². The molecule has 0 rings (SSSR count). The summed E-state index contributed by atoms with van der Waals surface area (Å²) in [7, 11) is 0. The number of hydrogen-bond acceptors (Lipinski definition) is 2. The van der Waals surface area contributed by atoms with E-state index in [1.165, 1.54) is 0 Å². The quantitative estimate of drug-likeness (QED) is 0.336. The SMILES string of the molecule is CC(C)(CC(=O)O)NC(=N)N. The molecule has 0 unspecified atom stereocenters. The third kappa shape index (κ3) is 5.20. The number of guanidine groups is 1. The second kappa shape index (κ2) is 3.23. The Labute approximate surface area is 65.1 Å². The van der Waals surface area contributed by atoms with Gasteiger partial charge in [-0.1, -0.05) is 0 Å². The van der Waals surface area contributed by atoms with Crippen molar-refractivity contribution in [1.82, 2.24) is 5.32 Å². The lowest BCUT2D eigenvalue weighted by Crippen LogP contribution is -2.47. The molecule has 0 aromatic carbocycles. The smallest absolute Gasteiger partial charge is 0.305 e. The van der Waals surface area contributed by atoms with Crippen LogP contribution in [0, 0.1) is 5.41 Å². The highest BCUT2D eigenvalue weighted by Crippen LogP contribution is 2.06. The molecule has 0 aliphatic heterocycles. The molecule has 0 radical (unpaired) electrons. The van der Waals surface area contributed by atoms with Gasteiger partial charge in [-0.3, -0.25) is 10.2 Å². The van der Waals surface area contributed by atoms with E-state index in [1.54, 1.807) is 13.8 Å². The van der Waals surface area contributed by atoms with Crippen LogP contribution in [0.5, 0.6) is 0 Å². The maximum atomic E-state index is 10.2.